The van der Waals surface area contributed by atoms with Gasteiger partial charge >= 0.3 is 0 Å². The topological polar surface area (TPSA) is 43.8 Å². The first-order valence-electron chi connectivity index (χ1n) is 12.6. The van der Waals surface area contributed by atoms with Crippen molar-refractivity contribution in [1.29, 1.82) is 0 Å². The lowest BCUT2D eigenvalue weighted by atomic mass is 9.87. The van der Waals surface area contributed by atoms with Crippen molar-refractivity contribution in [3.63, 3.8) is 0 Å². The lowest BCUT2D eigenvalue weighted by Gasteiger charge is -2.35. The Labute approximate surface area is 222 Å². The Morgan fingerprint density at radius 2 is 1.75 bits per heavy atom. The normalized spacial score (nSPS) is 16.4. The second-order valence-corrected chi connectivity index (χ2v) is 10.4. The van der Waals surface area contributed by atoms with Gasteiger partial charge in [0, 0.05) is 55.0 Å². The van der Waals surface area contributed by atoms with Crippen LogP contribution in [0.15, 0.2) is 71.3 Å². The van der Waals surface area contributed by atoms with Crippen molar-refractivity contribution in [2.45, 2.75) is 38.6 Å². The van der Waals surface area contributed by atoms with Crippen LogP contribution in [0.4, 0.5) is 5.82 Å². The fourth-order valence-corrected chi connectivity index (χ4v) is 5.92. The number of pyridine rings is 1. The minimum absolute atomic E-state index is 0.123. The number of hydrogen-bond donors (Lipinski definition) is 0. The third-order valence-electron chi connectivity index (χ3n) is 7.23. The molecule has 3 aromatic rings. The summed E-state index contributed by atoms with van der Waals surface area (Å²) in [5, 5.41) is 0. The Balaban J connectivity index is 1.28. The van der Waals surface area contributed by atoms with Gasteiger partial charge in [0.1, 0.15) is 18.2 Å². The summed E-state index contributed by atoms with van der Waals surface area (Å²) in [6, 6.07) is 21.1. The number of rotatable bonds is 8. The molecule has 36 heavy (non-hydrogen) atoms. The van der Waals surface area contributed by atoms with Crippen LogP contribution in [0, 0.1) is 5.92 Å². The standard InChI is InChI=1S/C30H33BrN2O3/c1-34-30(35-2)22-14-16-33(17-15-22)28-13-9-24(19-32-28)29-26-11-10-25(18-23(26)8-12-27(29)31)36-20-21-6-4-3-5-7-21/h3-7,9-11,13,18-19,22,30H,8,12,14-17,20H2,1-2H3. The quantitative estimate of drug-likeness (QED) is 0.297. The van der Waals surface area contributed by atoms with Gasteiger partial charge in [0.25, 0.3) is 0 Å². The molecule has 1 saturated heterocycles. The molecule has 188 valence electrons. The van der Waals surface area contributed by atoms with E-state index in [0.29, 0.717) is 12.5 Å². The average molecular weight is 550 g/mol. The molecule has 6 heteroatoms. The van der Waals surface area contributed by atoms with E-state index in [2.05, 4.69) is 63.3 Å². The summed E-state index contributed by atoms with van der Waals surface area (Å²) in [6.07, 6.45) is 5.93. The van der Waals surface area contributed by atoms with E-state index in [1.54, 1.807) is 14.2 Å². The van der Waals surface area contributed by atoms with Gasteiger partial charge in [-0.3, -0.25) is 0 Å². The smallest absolute Gasteiger partial charge is 0.159 e. The monoisotopic (exact) mass is 548 g/mol. The molecular weight excluding hydrogens is 516 g/mol. The first kappa shape index (κ1) is 25.0. The van der Waals surface area contributed by atoms with Crippen LogP contribution in [-0.2, 0) is 22.5 Å². The molecule has 1 aromatic heterocycles. The zero-order chi connectivity index (χ0) is 24.9. The molecule has 5 rings (SSSR count). The van der Waals surface area contributed by atoms with Crippen molar-refractivity contribution in [3.8, 4) is 5.75 Å². The summed E-state index contributed by atoms with van der Waals surface area (Å²) in [5.41, 5.74) is 6.10. The molecule has 0 radical (unpaired) electrons. The zero-order valence-corrected chi connectivity index (χ0v) is 22.5. The fourth-order valence-electron chi connectivity index (χ4n) is 5.28. The Kier molecular flexibility index (Phi) is 8.05. The van der Waals surface area contributed by atoms with Gasteiger partial charge in [-0.1, -0.05) is 52.3 Å². The van der Waals surface area contributed by atoms with Crippen molar-refractivity contribution < 1.29 is 14.2 Å². The number of anilines is 1. The van der Waals surface area contributed by atoms with Crippen molar-refractivity contribution >= 4 is 27.3 Å². The van der Waals surface area contributed by atoms with E-state index in [-0.39, 0.29) is 6.29 Å². The lowest BCUT2D eigenvalue weighted by Crippen LogP contribution is -2.39. The number of methoxy groups -OCH3 is 2. The number of piperidine rings is 1. The van der Waals surface area contributed by atoms with Gasteiger partial charge in [0.2, 0.25) is 0 Å². The van der Waals surface area contributed by atoms with Gasteiger partial charge in [0.15, 0.2) is 6.29 Å². The van der Waals surface area contributed by atoms with Crippen LogP contribution >= 0.6 is 15.9 Å². The van der Waals surface area contributed by atoms with Crippen LogP contribution in [-0.4, -0.2) is 38.6 Å². The van der Waals surface area contributed by atoms with Crippen LogP contribution < -0.4 is 9.64 Å². The van der Waals surface area contributed by atoms with Gasteiger partial charge < -0.3 is 19.1 Å². The van der Waals surface area contributed by atoms with Gasteiger partial charge in [-0.05, 0) is 66.6 Å². The summed E-state index contributed by atoms with van der Waals surface area (Å²) in [5.74, 6) is 2.37. The average Bonchev–Trinajstić information content (AvgIpc) is 2.94. The molecule has 0 saturated carbocycles. The third-order valence-corrected chi connectivity index (χ3v) is 8.02. The predicted molar refractivity (Wildman–Crippen MR) is 147 cm³/mol. The van der Waals surface area contributed by atoms with Gasteiger partial charge in [-0.25, -0.2) is 4.98 Å². The minimum atomic E-state index is -0.123. The van der Waals surface area contributed by atoms with Crippen LogP contribution in [0.2, 0.25) is 0 Å². The molecule has 0 atom stereocenters. The second-order valence-electron chi connectivity index (χ2n) is 9.44. The number of hydrogen-bond acceptors (Lipinski definition) is 5. The van der Waals surface area contributed by atoms with Gasteiger partial charge in [0.05, 0.1) is 0 Å². The van der Waals surface area contributed by atoms with E-state index in [1.807, 2.05) is 24.4 Å². The van der Waals surface area contributed by atoms with Crippen LogP contribution in [0.3, 0.4) is 0 Å². The van der Waals surface area contributed by atoms with E-state index in [9.17, 15) is 0 Å². The Hall–Kier alpha value is -2.67. The number of fused-ring (bicyclic) bond motifs is 1. The van der Waals surface area contributed by atoms with Crippen molar-refractivity contribution in [1.82, 2.24) is 4.98 Å². The number of nitrogens with zero attached hydrogens (tertiary/aromatic N) is 2. The van der Waals surface area contributed by atoms with Gasteiger partial charge in [-0.15, -0.1) is 0 Å². The highest BCUT2D eigenvalue weighted by Crippen LogP contribution is 2.40. The Bertz CT molecular complexity index is 1180. The highest BCUT2D eigenvalue weighted by Gasteiger charge is 2.27. The number of ether oxygens (including phenoxy) is 3. The van der Waals surface area contributed by atoms with E-state index < -0.39 is 0 Å². The Morgan fingerprint density at radius 1 is 0.972 bits per heavy atom. The number of aromatic nitrogens is 1. The van der Waals surface area contributed by atoms with E-state index >= 15 is 0 Å². The van der Waals surface area contributed by atoms with E-state index in [1.165, 1.54) is 26.7 Å². The number of allylic oxidation sites excluding steroid dienone is 1. The van der Waals surface area contributed by atoms with Crippen molar-refractivity contribution in [2.75, 3.05) is 32.2 Å². The molecule has 1 aliphatic heterocycles. The highest BCUT2D eigenvalue weighted by molar-refractivity contribution is 9.11. The van der Waals surface area contributed by atoms with Crippen LogP contribution in [0.1, 0.15) is 41.5 Å². The molecule has 2 aliphatic rings. The molecule has 2 heterocycles. The zero-order valence-electron chi connectivity index (χ0n) is 21.0. The van der Waals surface area contributed by atoms with Crippen LogP contribution in [0.5, 0.6) is 5.75 Å². The van der Waals surface area contributed by atoms with Crippen LogP contribution in [0.25, 0.3) is 5.57 Å². The summed E-state index contributed by atoms with van der Waals surface area (Å²) in [6.45, 7) is 2.49. The molecular formula is C30H33BrN2O3. The molecule has 0 unspecified atom stereocenters. The van der Waals surface area contributed by atoms with E-state index in [0.717, 1.165) is 55.9 Å². The molecule has 1 aliphatic carbocycles. The first-order valence-corrected chi connectivity index (χ1v) is 13.4. The molecule has 1 fully saturated rings. The minimum Gasteiger partial charge on any atom is -0.489 e. The maximum atomic E-state index is 6.08. The maximum Gasteiger partial charge on any atom is 0.159 e. The molecule has 0 spiro atoms. The van der Waals surface area contributed by atoms with Crippen molar-refractivity contribution in [3.05, 3.63) is 93.6 Å². The number of halogens is 1. The molecule has 0 N–H and O–H groups in total. The maximum absolute atomic E-state index is 6.08. The lowest BCUT2D eigenvalue weighted by molar-refractivity contribution is -0.141. The predicted octanol–water partition coefficient (Wildman–Crippen LogP) is 6.60. The highest BCUT2D eigenvalue weighted by atomic mass is 79.9. The largest absolute Gasteiger partial charge is 0.489 e. The Morgan fingerprint density at radius 3 is 2.44 bits per heavy atom. The summed E-state index contributed by atoms with van der Waals surface area (Å²) in [4.78, 5) is 7.22. The van der Waals surface area contributed by atoms with Gasteiger partial charge in [-0.2, -0.15) is 0 Å². The number of aryl methyl sites for hydroxylation is 1. The summed E-state index contributed by atoms with van der Waals surface area (Å²) >= 11 is 3.86. The number of benzene rings is 2. The first-order chi connectivity index (χ1) is 17.7. The van der Waals surface area contributed by atoms with Crippen molar-refractivity contribution in [2.24, 2.45) is 5.92 Å². The fraction of sp³-hybridized carbons (Fsp3) is 0.367. The summed E-state index contributed by atoms with van der Waals surface area (Å²) in [7, 11) is 3.44. The third kappa shape index (κ3) is 5.51. The molecule has 0 bridgehead atoms. The molecule has 2 aromatic carbocycles. The summed E-state index contributed by atoms with van der Waals surface area (Å²) < 4.78 is 18.3. The molecule has 0 amide bonds. The van der Waals surface area contributed by atoms with E-state index in [4.69, 9.17) is 19.2 Å². The molecule has 5 nitrogen and oxygen atoms in total. The second kappa shape index (κ2) is 11.6. The SMILES string of the molecule is COC(OC)C1CCN(c2ccc(C3=C(Br)CCc4cc(OCc5ccccc5)ccc43)cn2)CC1.